The number of carbonyl (C=O) groups is 3. The second kappa shape index (κ2) is 11.5. The molecule has 1 fully saturated rings. The van der Waals surface area contributed by atoms with Gasteiger partial charge < -0.3 is 9.47 Å². The van der Waals surface area contributed by atoms with Crippen LogP contribution >= 0.6 is 50.9 Å². The van der Waals surface area contributed by atoms with Crippen LogP contribution in [0.5, 0.6) is 11.5 Å². The molecular formula is C26H18BrCl2NO5S. The molecule has 1 heterocycles. The highest BCUT2D eigenvalue weighted by Gasteiger charge is 2.36. The first kappa shape index (κ1) is 26.3. The summed E-state index contributed by atoms with van der Waals surface area (Å²) in [6.07, 6.45) is 1.58. The summed E-state index contributed by atoms with van der Waals surface area (Å²) in [6, 6.07) is 17.0. The maximum absolute atomic E-state index is 12.9. The number of carbonyl (C=O) groups excluding carboxylic acids is 3. The Bertz CT molecular complexity index is 1380. The maximum Gasteiger partial charge on any atom is 0.293 e. The quantitative estimate of drug-likeness (QED) is 0.198. The van der Waals surface area contributed by atoms with Crippen LogP contribution in [0.25, 0.3) is 6.08 Å². The van der Waals surface area contributed by atoms with Gasteiger partial charge in [-0.3, -0.25) is 19.3 Å². The molecule has 0 saturated carbocycles. The standard InChI is InChI=1S/C26H18BrCl2NO5S/c1-34-23-10-15(2-9-22(23)35-14-17-5-8-19(28)12-20(17)29)11-24-25(32)30(26(33)36-24)13-21(31)16-3-6-18(27)7-4-16/h2-12H,13-14H2,1H3/b24-11+. The van der Waals surface area contributed by atoms with Crippen molar-refractivity contribution in [3.05, 3.63) is 96.8 Å². The summed E-state index contributed by atoms with van der Waals surface area (Å²) in [5.41, 5.74) is 1.81. The van der Waals surface area contributed by atoms with Gasteiger partial charge in [0.1, 0.15) is 6.61 Å². The number of amides is 2. The lowest BCUT2D eigenvalue weighted by Crippen LogP contribution is -2.33. The summed E-state index contributed by atoms with van der Waals surface area (Å²) in [4.78, 5) is 39.0. The van der Waals surface area contributed by atoms with Gasteiger partial charge in [0.2, 0.25) is 0 Å². The van der Waals surface area contributed by atoms with Crippen LogP contribution in [0.4, 0.5) is 4.79 Å². The molecule has 10 heteroatoms. The first-order valence-electron chi connectivity index (χ1n) is 10.5. The monoisotopic (exact) mass is 605 g/mol. The van der Waals surface area contributed by atoms with Gasteiger partial charge in [-0.1, -0.05) is 63.4 Å². The number of halogens is 3. The van der Waals surface area contributed by atoms with E-state index in [0.717, 1.165) is 26.7 Å². The van der Waals surface area contributed by atoms with Crippen LogP contribution in [0, 0.1) is 0 Å². The summed E-state index contributed by atoms with van der Waals surface area (Å²) in [7, 11) is 1.50. The van der Waals surface area contributed by atoms with E-state index in [1.54, 1.807) is 66.7 Å². The Hall–Kier alpha value is -2.78. The summed E-state index contributed by atoms with van der Waals surface area (Å²) < 4.78 is 12.1. The molecule has 0 aliphatic carbocycles. The second-order valence-corrected chi connectivity index (χ2v) is 10.4. The predicted octanol–water partition coefficient (Wildman–Crippen LogP) is 7.26. The lowest BCUT2D eigenvalue weighted by atomic mass is 10.1. The molecule has 0 radical (unpaired) electrons. The van der Waals surface area contributed by atoms with Gasteiger partial charge in [0.25, 0.3) is 11.1 Å². The van der Waals surface area contributed by atoms with Crippen molar-refractivity contribution in [2.24, 2.45) is 0 Å². The molecule has 184 valence electrons. The van der Waals surface area contributed by atoms with Gasteiger partial charge in [-0.2, -0.15) is 0 Å². The zero-order valence-electron chi connectivity index (χ0n) is 18.8. The highest BCUT2D eigenvalue weighted by Crippen LogP contribution is 2.35. The van der Waals surface area contributed by atoms with Crippen molar-refractivity contribution in [3.63, 3.8) is 0 Å². The molecule has 36 heavy (non-hydrogen) atoms. The summed E-state index contributed by atoms with van der Waals surface area (Å²) in [5, 5.41) is 0.531. The molecule has 1 aliphatic heterocycles. The number of ketones is 1. The second-order valence-electron chi connectivity index (χ2n) is 7.63. The van der Waals surface area contributed by atoms with Crippen LogP contribution < -0.4 is 9.47 Å². The van der Waals surface area contributed by atoms with E-state index < -0.39 is 11.1 Å². The van der Waals surface area contributed by atoms with Gasteiger partial charge in [-0.15, -0.1) is 0 Å². The predicted molar refractivity (Wildman–Crippen MR) is 145 cm³/mol. The van der Waals surface area contributed by atoms with E-state index in [2.05, 4.69) is 15.9 Å². The highest BCUT2D eigenvalue weighted by atomic mass is 79.9. The molecule has 1 saturated heterocycles. The number of Topliss-reactive ketones (excluding diaryl/α,β-unsaturated/α-hetero) is 1. The van der Waals surface area contributed by atoms with Gasteiger partial charge in [0, 0.05) is 25.6 Å². The van der Waals surface area contributed by atoms with Crippen molar-refractivity contribution in [2.45, 2.75) is 6.61 Å². The third-order valence-corrected chi connectivity index (χ3v) is 7.25. The molecule has 3 aromatic rings. The van der Waals surface area contributed by atoms with E-state index in [1.165, 1.54) is 7.11 Å². The van der Waals surface area contributed by atoms with Gasteiger partial charge in [0.05, 0.1) is 18.6 Å². The molecular weight excluding hydrogens is 589 g/mol. The van der Waals surface area contributed by atoms with E-state index in [0.29, 0.717) is 32.7 Å². The van der Waals surface area contributed by atoms with E-state index in [9.17, 15) is 14.4 Å². The molecule has 0 spiro atoms. The normalized spacial score (nSPS) is 14.4. The molecule has 1 aliphatic rings. The molecule has 0 N–H and O–H groups in total. The van der Waals surface area contributed by atoms with Gasteiger partial charge in [0.15, 0.2) is 17.3 Å². The van der Waals surface area contributed by atoms with Crippen LogP contribution in [-0.2, 0) is 11.4 Å². The number of thioether (sulfide) groups is 1. The zero-order valence-corrected chi connectivity index (χ0v) is 22.7. The minimum Gasteiger partial charge on any atom is -0.493 e. The highest BCUT2D eigenvalue weighted by molar-refractivity contribution is 9.10. The first-order valence-corrected chi connectivity index (χ1v) is 12.9. The Kier molecular flexibility index (Phi) is 8.41. The average molecular weight is 607 g/mol. The summed E-state index contributed by atoms with van der Waals surface area (Å²) >= 11 is 16.2. The van der Waals surface area contributed by atoms with Crippen molar-refractivity contribution < 1.29 is 23.9 Å². The Morgan fingerprint density at radius 3 is 2.47 bits per heavy atom. The van der Waals surface area contributed by atoms with Crippen molar-refractivity contribution >= 4 is 73.9 Å². The topological polar surface area (TPSA) is 72.9 Å². The Balaban J connectivity index is 1.47. The van der Waals surface area contributed by atoms with E-state index in [-0.39, 0.29) is 23.8 Å². The molecule has 3 aromatic carbocycles. The minimum atomic E-state index is -0.521. The Morgan fingerprint density at radius 1 is 1.03 bits per heavy atom. The fourth-order valence-corrected chi connectivity index (χ4v) is 4.91. The van der Waals surface area contributed by atoms with Crippen LogP contribution in [-0.4, -0.2) is 35.5 Å². The van der Waals surface area contributed by atoms with Crippen LogP contribution in [0.3, 0.4) is 0 Å². The third-order valence-electron chi connectivity index (χ3n) is 5.23. The van der Waals surface area contributed by atoms with Gasteiger partial charge in [-0.05, 0) is 59.8 Å². The van der Waals surface area contributed by atoms with E-state index in [4.69, 9.17) is 32.7 Å². The molecule has 0 bridgehead atoms. The number of benzene rings is 3. The fourth-order valence-electron chi connectivity index (χ4n) is 3.35. The molecule has 0 atom stereocenters. The van der Waals surface area contributed by atoms with Gasteiger partial charge >= 0.3 is 0 Å². The SMILES string of the molecule is COc1cc(/C=C2/SC(=O)N(CC(=O)c3ccc(Br)cc3)C2=O)ccc1OCc1ccc(Cl)cc1Cl. The average Bonchev–Trinajstić information content (AvgIpc) is 3.11. The van der Waals surface area contributed by atoms with Crippen LogP contribution in [0.2, 0.25) is 10.0 Å². The molecule has 6 nitrogen and oxygen atoms in total. The number of methoxy groups -OCH3 is 1. The van der Waals surface area contributed by atoms with Crippen LogP contribution in [0.1, 0.15) is 21.5 Å². The first-order chi connectivity index (χ1) is 17.2. The number of nitrogens with zero attached hydrogens (tertiary/aromatic N) is 1. The fraction of sp³-hybridized carbons (Fsp3) is 0.115. The minimum absolute atomic E-state index is 0.205. The molecule has 0 unspecified atom stereocenters. The number of ether oxygens (including phenoxy) is 2. The van der Waals surface area contributed by atoms with E-state index >= 15 is 0 Å². The van der Waals surface area contributed by atoms with E-state index in [1.807, 2.05) is 0 Å². The van der Waals surface area contributed by atoms with Crippen LogP contribution in [0.15, 0.2) is 70.0 Å². The molecule has 0 aromatic heterocycles. The smallest absolute Gasteiger partial charge is 0.293 e. The summed E-state index contributed by atoms with van der Waals surface area (Å²) in [6.45, 7) is -0.121. The lowest BCUT2D eigenvalue weighted by Gasteiger charge is -2.13. The van der Waals surface area contributed by atoms with Gasteiger partial charge in [-0.25, -0.2) is 0 Å². The number of hydrogen-bond acceptors (Lipinski definition) is 6. The Labute approximate surface area is 230 Å². The Morgan fingerprint density at radius 2 is 1.78 bits per heavy atom. The maximum atomic E-state index is 12.9. The summed E-state index contributed by atoms with van der Waals surface area (Å²) in [5.74, 6) is 0.0782. The number of imide groups is 1. The van der Waals surface area contributed by atoms with Crippen molar-refractivity contribution in [1.82, 2.24) is 4.90 Å². The lowest BCUT2D eigenvalue weighted by molar-refractivity contribution is -0.122. The largest absolute Gasteiger partial charge is 0.493 e. The third kappa shape index (κ3) is 6.13. The molecule has 4 rings (SSSR count). The van der Waals surface area contributed by atoms with Crippen molar-refractivity contribution in [1.29, 1.82) is 0 Å². The number of hydrogen-bond donors (Lipinski definition) is 0. The van der Waals surface area contributed by atoms with Crippen molar-refractivity contribution in [3.8, 4) is 11.5 Å². The van der Waals surface area contributed by atoms with Crippen molar-refractivity contribution in [2.75, 3.05) is 13.7 Å². The number of rotatable bonds is 8. The molecule has 2 amide bonds. The zero-order chi connectivity index (χ0) is 25.8.